The molecule has 0 heterocycles. The van der Waals surface area contributed by atoms with Crippen LogP contribution in [0.5, 0.6) is 0 Å². The quantitative estimate of drug-likeness (QED) is 0.292. The first-order valence-corrected chi connectivity index (χ1v) is 12.6. The van der Waals surface area contributed by atoms with Gasteiger partial charge in [0.1, 0.15) is 0 Å². The Kier molecular flexibility index (Phi) is 8.82. The molecule has 0 aliphatic heterocycles. The van der Waals surface area contributed by atoms with Gasteiger partial charge in [-0.2, -0.15) is 0 Å². The van der Waals surface area contributed by atoms with Crippen molar-refractivity contribution in [3.63, 3.8) is 0 Å². The molecule has 0 aromatic carbocycles. The minimum absolute atomic E-state index is 0.141. The Balaban J connectivity index is 4.53. The van der Waals surface area contributed by atoms with Gasteiger partial charge >= 0.3 is 7.60 Å². The molecule has 0 amide bonds. The molecule has 0 aromatic heterocycles. The molecule has 4 nitrogen and oxygen atoms in total. The van der Waals surface area contributed by atoms with Crippen molar-refractivity contribution in [2.45, 2.75) is 85.2 Å². The fourth-order valence-electron chi connectivity index (χ4n) is 1.49. The lowest BCUT2D eigenvalue weighted by Gasteiger charge is -2.36. The van der Waals surface area contributed by atoms with Crippen LogP contribution in [0.25, 0.3) is 0 Å². The highest BCUT2D eigenvalue weighted by Gasteiger charge is 2.36. The predicted molar refractivity (Wildman–Crippen MR) is 97.0 cm³/mol. The van der Waals surface area contributed by atoms with Gasteiger partial charge in [0.15, 0.2) is 8.32 Å². The first kappa shape index (κ1) is 22.1. The highest BCUT2D eigenvalue weighted by Crippen LogP contribution is 2.52. The number of rotatable bonds is 9. The molecule has 0 aliphatic rings. The van der Waals surface area contributed by atoms with Crippen LogP contribution in [0, 0.1) is 0 Å². The van der Waals surface area contributed by atoms with Crippen molar-refractivity contribution in [1.82, 2.24) is 0 Å². The van der Waals surface area contributed by atoms with E-state index in [2.05, 4.69) is 33.9 Å². The molecule has 0 radical (unpaired) electrons. The minimum Gasteiger partial charge on any atom is -0.417 e. The summed E-state index contributed by atoms with van der Waals surface area (Å²) in [5, 5.41) is 0.202. The third-order valence-corrected chi connectivity index (χ3v) is 10.1. The Hall–Kier alpha value is 0.0669. The molecule has 0 aromatic rings. The third kappa shape index (κ3) is 8.63. The first-order chi connectivity index (χ1) is 9.79. The van der Waals surface area contributed by atoms with Crippen molar-refractivity contribution in [3.05, 3.63) is 11.9 Å². The second-order valence-electron chi connectivity index (χ2n) is 7.63. The highest BCUT2D eigenvalue weighted by molar-refractivity contribution is 7.57. The van der Waals surface area contributed by atoms with Gasteiger partial charge in [0.05, 0.1) is 12.2 Å². The van der Waals surface area contributed by atoms with E-state index in [1.165, 1.54) is 0 Å². The minimum atomic E-state index is -3.17. The van der Waals surface area contributed by atoms with Crippen LogP contribution in [0.4, 0.5) is 0 Å². The summed E-state index contributed by atoms with van der Waals surface area (Å²) in [5.41, 5.74) is 0. The van der Waals surface area contributed by atoms with E-state index in [0.717, 1.165) is 0 Å². The second kappa shape index (κ2) is 8.79. The largest absolute Gasteiger partial charge is 0.417 e. The van der Waals surface area contributed by atoms with Gasteiger partial charge in [0, 0.05) is 12.4 Å². The highest BCUT2D eigenvalue weighted by atomic mass is 31.2. The third-order valence-electron chi connectivity index (χ3n) is 3.56. The van der Waals surface area contributed by atoms with Crippen LogP contribution in [0.3, 0.4) is 0 Å². The average Bonchev–Trinajstić information content (AvgIpc) is 2.23. The molecule has 22 heavy (non-hydrogen) atoms. The fourth-order valence-corrected chi connectivity index (χ4v) is 4.32. The first-order valence-electron chi connectivity index (χ1n) is 8.07. The maximum absolute atomic E-state index is 12.6. The zero-order valence-electron chi connectivity index (χ0n) is 15.8. The number of hydrogen-bond donors (Lipinski definition) is 0. The predicted octanol–water partition coefficient (Wildman–Crippen LogP) is 5.96. The fraction of sp³-hybridized carbons (Fsp3) is 0.875. The molecule has 0 atom stereocenters. The van der Waals surface area contributed by atoms with Crippen LogP contribution in [0.2, 0.25) is 18.1 Å². The lowest BCUT2D eigenvalue weighted by atomic mass is 10.2. The summed E-state index contributed by atoms with van der Waals surface area (Å²) in [7, 11) is -4.89. The lowest BCUT2D eigenvalue weighted by molar-refractivity contribution is 0.149. The van der Waals surface area contributed by atoms with Gasteiger partial charge in [-0.3, -0.25) is 4.57 Å². The van der Waals surface area contributed by atoms with Crippen molar-refractivity contribution in [1.29, 1.82) is 0 Å². The molecule has 0 unspecified atom stereocenters. The van der Waals surface area contributed by atoms with Crippen LogP contribution in [0.1, 0.15) is 54.9 Å². The molecule has 0 saturated heterocycles. The van der Waals surface area contributed by atoms with E-state index in [4.69, 9.17) is 13.5 Å². The average molecular weight is 351 g/mol. The SMILES string of the molecule is CC(C)OP(=O)(/C=C/CCO[Si](C)(C)C(C)(C)C)OC(C)C. The molecular formula is C16H35O4PSi. The number of hydrogen-bond acceptors (Lipinski definition) is 4. The molecule has 132 valence electrons. The van der Waals surface area contributed by atoms with Gasteiger partial charge < -0.3 is 13.5 Å². The zero-order valence-corrected chi connectivity index (χ0v) is 17.7. The van der Waals surface area contributed by atoms with E-state index in [1.807, 2.05) is 33.8 Å². The van der Waals surface area contributed by atoms with Crippen LogP contribution >= 0.6 is 7.60 Å². The Labute approximate surface area is 138 Å². The summed E-state index contributed by atoms with van der Waals surface area (Å²) >= 11 is 0. The molecule has 0 spiro atoms. The van der Waals surface area contributed by atoms with Gasteiger partial charge in [-0.05, 0) is 52.2 Å². The van der Waals surface area contributed by atoms with E-state index < -0.39 is 15.9 Å². The molecule has 0 bridgehead atoms. The van der Waals surface area contributed by atoms with Crippen molar-refractivity contribution in [2.24, 2.45) is 0 Å². The summed E-state index contributed by atoms with van der Waals surface area (Å²) in [4.78, 5) is 0. The normalized spacial score (nSPS) is 14.5. The smallest absolute Gasteiger partial charge is 0.354 e. The Morgan fingerprint density at radius 3 is 1.86 bits per heavy atom. The molecule has 0 N–H and O–H groups in total. The van der Waals surface area contributed by atoms with Gasteiger partial charge in [-0.25, -0.2) is 0 Å². The second-order valence-corrected chi connectivity index (χ2v) is 14.2. The summed E-state index contributed by atoms with van der Waals surface area (Å²) in [6, 6.07) is 0. The van der Waals surface area contributed by atoms with Crippen molar-refractivity contribution in [3.8, 4) is 0 Å². The van der Waals surface area contributed by atoms with E-state index in [9.17, 15) is 4.57 Å². The van der Waals surface area contributed by atoms with Crippen molar-refractivity contribution in [2.75, 3.05) is 6.61 Å². The molecule has 6 heteroatoms. The van der Waals surface area contributed by atoms with Crippen LogP contribution in [-0.2, 0) is 18.0 Å². The summed E-state index contributed by atoms with van der Waals surface area (Å²) < 4.78 is 29.6. The molecular weight excluding hydrogens is 315 g/mol. The molecule has 0 saturated carbocycles. The monoisotopic (exact) mass is 350 g/mol. The van der Waals surface area contributed by atoms with Gasteiger partial charge in [-0.15, -0.1) is 0 Å². The standard InChI is InChI=1S/C16H35O4PSi/c1-14(2)19-21(17,20-15(3)4)13-11-10-12-18-22(8,9)16(5,6)7/h11,13-15H,10,12H2,1-9H3/b13-11+. The molecule has 0 aliphatic carbocycles. The van der Waals surface area contributed by atoms with E-state index in [-0.39, 0.29) is 17.2 Å². The topological polar surface area (TPSA) is 44.8 Å². The van der Waals surface area contributed by atoms with Gasteiger partial charge in [0.2, 0.25) is 0 Å². The van der Waals surface area contributed by atoms with Crippen molar-refractivity contribution < 1.29 is 18.0 Å². The summed E-state index contributed by atoms with van der Waals surface area (Å²) in [6.45, 7) is 19.2. The van der Waals surface area contributed by atoms with Crippen LogP contribution < -0.4 is 0 Å². The lowest BCUT2D eigenvalue weighted by Crippen LogP contribution is -2.40. The maximum atomic E-state index is 12.6. The maximum Gasteiger partial charge on any atom is 0.354 e. The Morgan fingerprint density at radius 1 is 1.05 bits per heavy atom. The van der Waals surface area contributed by atoms with Gasteiger partial charge in [0.25, 0.3) is 0 Å². The zero-order chi connectivity index (χ0) is 17.6. The Bertz CT molecular complexity index is 383. The van der Waals surface area contributed by atoms with Crippen molar-refractivity contribution >= 4 is 15.9 Å². The van der Waals surface area contributed by atoms with E-state index >= 15 is 0 Å². The van der Waals surface area contributed by atoms with Gasteiger partial charge in [-0.1, -0.05) is 26.8 Å². The van der Waals surface area contributed by atoms with Crippen LogP contribution in [-0.4, -0.2) is 27.1 Å². The summed E-state index contributed by atoms with van der Waals surface area (Å²) in [5.74, 6) is 1.57. The van der Waals surface area contributed by atoms with E-state index in [0.29, 0.717) is 13.0 Å². The van der Waals surface area contributed by atoms with Crippen LogP contribution in [0.15, 0.2) is 11.9 Å². The molecule has 0 rings (SSSR count). The molecule has 0 fully saturated rings. The van der Waals surface area contributed by atoms with E-state index in [1.54, 1.807) is 5.82 Å². The Morgan fingerprint density at radius 2 is 1.50 bits per heavy atom. The summed E-state index contributed by atoms with van der Waals surface area (Å²) in [6.07, 6.45) is 2.27.